The maximum Gasteiger partial charge on any atom is 0.380 e. The number of halogens is 2. The normalized spacial score (nSPS) is 26.2. The van der Waals surface area contributed by atoms with E-state index in [1.165, 1.54) is 6.92 Å². The third-order valence-corrected chi connectivity index (χ3v) is 2.69. The molecule has 0 aromatic rings. The molecule has 0 amide bonds. The molecule has 1 aliphatic carbocycles. The molecular weight excluding hydrogens is 218 g/mol. The zero-order chi connectivity index (χ0) is 12.4. The third kappa shape index (κ3) is 2.24. The summed E-state index contributed by atoms with van der Waals surface area (Å²) < 4.78 is 31.6. The highest BCUT2D eigenvalue weighted by Crippen LogP contribution is 2.39. The van der Waals surface area contributed by atoms with Crippen molar-refractivity contribution in [3.8, 4) is 0 Å². The second-order valence-electron chi connectivity index (χ2n) is 4.06. The Balaban J connectivity index is 2.97. The van der Waals surface area contributed by atoms with Crippen molar-refractivity contribution in [2.75, 3.05) is 6.61 Å². The maximum absolute atomic E-state index is 13.7. The predicted octanol–water partition coefficient (Wildman–Crippen LogP) is 2.05. The zero-order valence-electron chi connectivity index (χ0n) is 9.43. The number of allylic oxidation sites excluding steroid dienone is 1. The number of carbonyl (C=O) groups is 1. The minimum absolute atomic E-state index is 0.129. The van der Waals surface area contributed by atoms with Crippen molar-refractivity contribution in [2.45, 2.75) is 44.6 Å². The standard InChI is InChI=1S/C11H16F2O3/c1-3-16-9(14)11(12,13)10(15)6-4-5-8(2)7-10/h7,15H,3-6H2,1-2H3. The first-order chi connectivity index (χ1) is 7.33. The van der Waals surface area contributed by atoms with Crippen LogP contribution in [0.3, 0.4) is 0 Å². The van der Waals surface area contributed by atoms with Crippen LogP contribution in [0.15, 0.2) is 11.6 Å². The molecule has 0 saturated heterocycles. The van der Waals surface area contributed by atoms with Crippen molar-refractivity contribution in [3.63, 3.8) is 0 Å². The van der Waals surface area contributed by atoms with Gasteiger partial charge in [-0.1, -0.05) is 5.57 Å². The second-order valence-corrected chi connectivity index (χ2v) is 4.06. The molecule has 16 heavy (non-hydrogen) atoms. The van der Waals surface area contributed by atoms with E-state index in [-0.39, 0.29) is 13.0 Å². The summed E-state index contributed by atoms with van der Waals surface area (Å²) in [5, 5.41) is 9.84. The summed E-state index contributed by atoms with van der Waals surface area (Å²) in [7, 11) is 0. The Morgan fingerprint density at radius 2 is 2.31 bits per heavy atom. The van der Waals surface area contributed by atoms with Crippen molar-refractivity contribution in [1.29, 1.82) is 0 Å². The summed E-state index contributed by atoms with van der Waals surface area (Å²) in [6.45, 7) is 2.97. The van der Waals surface area contributed by atoms with Crippen LogP contribution in [0.1, 0.15) is 33.1 Å². The van der Waals surface area contributed by atoms with Gasteiger partial charge in [-0.2, -0.15) is 8.78 Å². The quantitative estimate of drug-likeness (QED) is 0.600. The molecule has 3 nitrogen and oxygen atoms in total. The van der Waals surface area contributed by atoms with E-state index in [0.717, 1.165) is 6.08 Å². The Morgan fingerprint density at radius 3 is 2.81 bits per heavy atom. The predicted molar refractivity (Wildman–Crippen MR) is 54.1 cm³/mol. The molecule has 0 fully saturated rings. The lowest BCUT2D eigenvalue weighted by Crippen LogP contribution is -2.53. The molecule has 0 bridgehead atoms. The molecule has 5 heteroatoms. The Labute approximate surface area is 93.1 Å². The van der Waals surface area contributed by atoms with Gasteiger partial charge in [0.25, 0.3) is 0 Å². The Hall–Kier alpha value is -0.970. The Kier molecular flexibility index (Phi) is 3.68. The number of esters is 1. The van der Waals surface area contributed by atoms with Crippen LogP contribution >= 0.6 is 0 Å². The number of hydrogen-bond donors (Lipinski definition) is 1. The highest BCUT2D eigenvalue weighted by atomic mass is 19.3. The van der Waals surface area contributed by atoms with Crippen LogP contribution in [0.25, 0.3) is 0 Å². The van der Waals surface area contributed by atoms with Crippen molar-refractivity contribution in [3.05, 3.63) is 11.6 Å². The van der Waals surface area contributed by atoms with Crippen molar-refractivity contribution >= 4 is 5.97 Å². The van der Waals surface area contributed by atoms with Gasteiger partial charge in [-0.15, -0.1) is 0 Å². The van der Waals surface area contributed by atoms with E-state index in [4.69, 9.17) is 0 Å². The highest BCUT2D eigenvalue weighted by molar-refractivity contribution is 5.80. The van der Waals surface area contributed by atoms with E-state index in [0.29, 0.717) is 18.4 Å². The van der Waals surface area contributed by atoms with Crippen LogP contribution in [-0.2, 0) is 9.53 Å². The minimum Gasteiger partial charge on any atom is -0.461 e. The van der Waals surface area contributed by atoms with Crippen LogP contribution in [0.5, 0.6) is 0 Å². The fourth-order valence-corrected chi connectivity index (χ4v) is 1.83. The Bertz CT molecular complexity index is 312. The number of alkyl halides is 2. The van der Waals surface area contributed by atoms with E-state index >= 15 is 0 Å². The monoisotopic (exact) mass is 234 g/mol. The molecule has 0 aromatic carbocycles. The molecule has 0 heterocycles. The van der Waals surface area contributed by atoms with Crippen LogP contribution < -0.4 is 0 Å². The van der Waals surface area contributed by atoms with E-state index in [1.807, 2.05) is 0 Å². The van der Waals surface area contributed by atoms with Gasteiger partial charge in [0.15, 0.2) is 5.60 Å². The molecule has 1 N–H and O–H groups in total. The lowest BCUT2D eigenvalue weighted by Gasteiger charge is -2.34. The zero-order valence-corrected chi connectivity index (χ0v) is 9.43. The van der Waals surface area contributed by atoms with E-state index in [2.05, 4.69) is 4.74 Å². The van der Waals surface area contributed by atoms with Crippen LogP contribution in [-0.4, -0.2) is 29.2 Å². The van der Waals surface area contributed by atoms with E-state index in [9.17, 15) is 18.7 Å². The van der Waals surface area contributed by atoms with E-state index < -0.39 is 17.5 Å². The topological polar surface area (TPSA) is 46.5 Å². The average molecular weight is 234 g/mol. The molecule has 0 spiro atoms. The fraction of sp³-hybridized carbons (Fsp3) is 0.727. The first kappa shape index (κ1) is 13.1. The number of ether oxygens (including phenoxy) is 1. The van der Waals surface area contributed by atoms with Gasteiger partial charge in [-0.05, 0) is 39.2 Å². The molecule has 92 valence electrons. The van der Waals surface area contributed by atoms with Gasteiger partial charge in [0, 0.05) is 0 Å². The number of carbonyl (C=O) groups excluding carboxylic acids is 1. The maximum atomic E-state index is 13.7. The Morgan fingerprint density at radius 1 is 1.69 bits per heavy atom. The summed E-state index contributed by atoms with van der Waals surface area (Å²) in [4.78, 5) is 11.1. The molecule has 0 radical (unpaired) electrons. The largest absolute Gasteiger partial charge is 0.461 e. The van der Waals surface area contributed by atoms with Crippen LogP contribution in [0.2, 0.25) is 0 Å². The summed E-state index contributed by atoms with van der Waals surface area (Å²) in [6, 6.07) is 0. The molecule has 0 saturated carbocycles. The molecule has 1 aliphatic rings. The smallest absolute Gasteiger partial charge is 0.380 e. The minimum atomic E-state index is -3.88. The summed E-state index contributed by atoms with van der Waals surface area (Å²) in [6.07, 6.45) is 2.05. The van der Waals surface area contributed by atoms with Crippen LogP contribution in [0.4, 0.5) is 8.78 Å². The summed E-state index contributed by atoms with van der Waals surface area (Å²) in [5.74, 6) is -5.55. The first-order valence-electron chi connectivity index (χ1n) is 5.29. The van der Waals surface area contributed by atoms with Crippen molar-refractivity contribution in [2.24, 2.45) is 0 Å². The van der Waals surface area contributed by atoms with Gasteiger partial charge in [0.2, 0.25) is 0 Å². The third-order valence-electron chi connectivity index (χ3n) is 2.69. The number of rotatable bonds is 3. The van der Waals surface area contributed by atoms with Gasteiger partial charge in [0.1, 0.15) is 0 Å². The first-order valence-corrected chi connectivity index (χ1v) is 5.29. The molecule has 0 aliphatic heterocycles. The lowest BCUT2D eigenvalue weighted by molar-refractivity contribution is -0.204. The number of aliphatic hydroxyl groups is 1. The number of hydrogen-bond acceptors (Lipinski definition) is 3. The molecule has 1 unspecified atom stereocenters. The highest BCUT2D eigenvalue weighted by Gasteiger charge is 2.58. The van der Waals surface area contributed by atoms with Gasteiger partial charge in [-0.3, -0.25) is 0 Å². The molecule has 1 atom stereocenters. The summed E-state index contributed by atoms with van der Waals surface area (Å²) in [5.41, 5.74) is -1.74. The molecule has 0 aromatic heterocycles. The molecular formula is C11H16F2O3. The van der Waals surface area contributed by atoms with Crippen LogP contribution in [0, 0.1) is 0 Å². The second kappa shape index (κ2) is 4.49. The lowest BCUT2D eigenvalue weighted by atomic mass is 9.82. The van der Waals surface area contributed by atoms with E-state index in [1.54, 1.807) is 6.92 Å². The fourth-order valence-electron chi connectivity index (χ4n) is 1.83. The summed E-state index contributed by atoms with van der Waals surface area (Å²) >= 11 is 0. The van der Waals surface area contributed by atoms with Gasteiger partial charge < -0.3 is 9.84 Å². The van der Waals surface area contributed by atoms with Gasteiger partial charge in [-0.25, -0.2) is 4.79 Å². The van der Waals surface area contributed by atoms with Gasteiger partial charge in [0.05, 0.1) is 6.61 Å². The van der Waals surface area contributed by atoms with Crippen molar-refractivity contribution in [1.82, 2.24) is 0 Å². The average Bonchev–Trinajstić information content (AvgIpc) is 2.17. The van der Waals surface area contributed by atoms with Crippen molar-refractivity contribution < 1.29 is 23.4 Å². The van der Waals surface area contributed by atoms with Gasteiger partial charge >= 0.3 is 11.9 Å². The molecule has 1 rings (SSSR count). The SMILES string of the molecule is CCOC(=O)C(F)(F)C1(O)C=C(C)CCC1.